The van der Waals surface area contributed by atoms with Gasteiger partial charge in [0.05, 0.1) is 10.6 Å². The van der Waals surface area contributed by atoms with E-state index < -0.39 is 10.0 Å². The van der Waals surface area contributed by atoms with Gasteiger partial charge in [0.1, 0.15) is 0 Å². The van der Waals surface area contributed by atoms with Gasteiger partial charge in [0, 0.05) is 4.47 Å². The Hall–Kier alpha value is -1.33. The van der Waals surface area contributed by atoms with E-state index in [0.717, 1.165) is 0 Å². The highest BCUT2D eigenvalue weighted by atomic mass is 79.9. The molecule has 0 unspecified atom stereocenters. The first-order valence-electron chi connectivity index (χ1n) is 4.83. The van der Waals surface area contributed by atoms with Crippen LogP contribution < -0.4 is 4.72 Å². The second kappa shape index (κ2) is 4.89. The second-order valence-corrected chi connectivity index (χ2v) is 5.86. The van der Waals surface area contributed by atoms with Crippen molar-refractivity contribution in [2.45, 2.75) is 4.90 Å². The third-order valence-electron chi connectivity index (χ3n) is 2.11. The highest BCUT2D eigenvalue weighted by Gasteiger charge is 2.14. The van der Waals surface area contributed by atoms with Crippen molar-refractivity contribution in [1.82, 2.24) is 0 Å². The van der Waals surface area contributed by atoms with Crippen LogP contribution in [0.2, 0.25) is 0 Å². The number of benzene rings is 2. The van der Waals surface area contributed by atoms with Gasteiger partial charge < -0.3 is 0 Å². The first kappa shape index (κ1) is 12.1. The molecule has 87 valence electrons. The summed E-state index contributed by atoms with van der Waals surface area (Å²) in [6, 6.07) is 16.0. The van der Waals surface area contributed by atoms with E-state index in [-0.39, 0.29) is 4.90 Å². The molecule has 0 aliphatic rings. The van der Waals surface area contributed by atoms with Crippen LogP contribution in [-0.2, 0) is 10.0 Å². The van der Waals surface area contributed by atoms with Crippen molar-refractivity contribution in [2.24, 2.45) is 0 Å². The fourth-order valence-electron chi connectivity index (χ4n) is 1.30. The lowest BCUT2D eigenvalue weighted by Crippen LogP contribution is -2.13. The summed E-state index contributed by atoms with van der Waals surface area (Å²) in [6.45, 7) is 0. The van der Waals surface area contributed by atoms with Gasteiger partial charge in [0.25, 0.3) is 10.0 Å². The third-order valence-corrected chi connectivity index (χ3v) is 4.15. The van der Waals surface area contributed by atoms with Gasteiger partial charge in [-0.05, 0) is 46.3 Å². The van der Waals surface area contributed by atoms with Gasteiger partial charge in [-0.25, -0.2) is 8.42 Å². The zero-order chi connectivity index (χ0) is 12.3. The minimum absolute atomic E-state index is 0.236. The summed E-state index contributed by atoms with van der Waals surface area (Å²) in [5.41, 5.74) is 0.493. The van der Waals surface area contributed by atoms with Crippen LogP contribution in [0.4, 0.5) is 5.69 Å². The summed E-state index contributed by atoms with van der Waals surface area (Å²) in [7, 11) is -3.53. The Morgan fingerprint density at radius 1 is 1.12 bits per heavy atom. The van der Waals surface area contributed by atoms with Crippen molar-refractivity contribution in [1.29, 1.82) is 0 Å². The molecular weight excluding hydrogens is 302 g/mol. The molecule has 0 atom stereocenters. The van der Waals surface area contributed by atoms with Crippen LogP contribution in [0.1, 0.15) is 0 Å². The van der Waals surface area contributed by atoms with Crippen molar-refractivity contribution in [3.8, 4) is 0 Å². The maximum Gasteiger partial charge on any atom is 0.261 e. The molecule has 0 spiro atoms. The summed E-state index contributed by atoms with van der Waals surface area (Å²) in [4.78, 5) is 0.236. The van der Waals surface area contributed by atoms with Crippen LogP contribution in [0.25, 0.3) is 0 Å². The molecule has 0 aromatic heterocycles. The summed E-state index contributed by atoms with van der Waals surface area (Å²) < 4.78 is 27.2. The van der Waals surface area contributed by atoms with E-state index in [2.05, 4.69) is 26.7 Å². The van der Waals surface area contributed by atoms with Crippen LogP contribution in [0, 0.1) is 6.07 Å². The summed E-state index contributed by atoms with van der Waals surface area (Å²) in [5.74, 6) is 0. The molecule has 0 bridgehead atoms. The Kier molecular flexibility index (Phi) is 3.49. The first-order chi connectivity index (χ1) is 8.09. The summed E-state index contributed by atoms with van der Waals surface area (Å²) in [5, 5.41) is 0. The van der Waals surface area contributed by atoms with E-state index in [0.29, 0.717) is 10.2 Å². The van der Waals surface area contributed by atoms with Gasteiger partial charge in [0.2, 0.25) is 0 Å². The van der Waals surface area contributed by atoms with Gasteiger partial charge in [-0.2, -0.15) is 0 Å². The van der Waals surface area contributed by atoms with E-state index in [1.165, 1.54) is 0 Å². The van der Waals surface area contributed by atoms with E-state index >= 15 is 0 Å². The Morgan fingerprint density at radius 2 is 1.82 bits per heavy atom. The topological polar surface area (TPSA) is 46.2 Å². The summed E-state index contributed by atoms with van der Waals surface area (Å²) in [6.07, 6.45) is 0. The first-order valence-corrected chi connectivity index (χ1v) is 7.11. The molecule has 0 heterocycles. The lowest BCUT2D eigenvalue weighted by molar-refractivity contribution is 0.601. The maximum atomic E-state index is 12.0. The molecule has 0 saturated carbocycles. The maximum absolute atomic E-state index is 12.0. The Bertz CT molecular complexity index is 611. The number of hydrogen-bond acceptors (Lipinski definition) is 2. The predicted molar refractivity (Wildman–Crippen MR) is 70.2 cm³/mol. The average molecular weight is 311 g/mol. The van der Waals surface area contributed by atoms with Gasteiger partial charge in [-0.3, -0.25) is 4.72 Å². The van der Waals surface area contributed by atoms with Gasteiger partial charge >= 0.3 is 0 Å². The van der Waals surface area contributed by atoms with E-state index in [4.69, 9.17) is 0 Å². The molecule has 0 aliphatic carbocycles. The second-order valence-electron chi connectivity index (χ2n) is 3.32. The highest BCUT2D eigenvalue weighted by Crippen LogP contribution is 2.23. The zero-order valence-electron chi connectivity index (χ0n) is 8.72. The molecule has 0 fully saturated rings. The van der Waals surface area contributed by atoms with Crippen LogP contribution >= 0.6 is 15.9 Å². The minimum Gasteiger partial charge on any atom is -0.278 e. The van der Waals surface area contributed by atoms with E-state index in [1.54, 1.807) is 48.5 Å². The molecule has 5 heteroatoms. The average Bonchev–Trinajstić information content (AvgIpc) is 2.33. The van der Waals surface area contributed by atoms with Crippen molar-refractivity contribution in [2.75, 3.05) is 4.72 Å². The predicted octanol–water partition coefficient (Wildman–Crippen LogP) is 3.05. The molecule has 2 rings (SSSR count). The Labute approximate surface area is 109 Å². The fraction of sp³-hybridized carbons (Fsp3) is 0. The van der Waals surface area contributed by atoms with Crippen LogP contribution in [-0.4, -0.2) is 8.42 Å². The molecule has 2 aromatic rings. The third kappa shape index (κ3) is 2.87. The molecule has 3 nitrogen and oxygen atoms in total. The van der Waals surface area contributed by atoms with Gasteiger partial charge in [0.15, 0.2) is 0 Å². The molecule has 0 saturated heterocycles. The van der Waals surface area contributed by atoms with Crippen molar-refractivity contribution in [3.63, 3.8) is 0 Å². The lowest BCUT2D eigenvalue weighted by Gasteiger charge is -2.09. The number of rotatable bonds is 3. The molecule has 2 aromatic carbocycles. The zero-order valence-corrected chi connectivity index (χ0v) is 11.1. The summed E-state index contributed by atoms with van der Waals surface area (Å²) >= 11 is 3.26. The number of anilines is 1. The van der Waals surface area contributed by atoms with E-state index in [9.17, 15) is 8.42 Å². The van der Waals surface area contributed by atoms with Crippen LogP contribution in [0.3, 0.4) is 0 Å². The molecule has 0 amide bonds. The molecule has 0 aliphatic heterocycles. The molecule has 1 radical (unpaired) electrons. The monoisotopic (exact) mass is 310 g/mol. The Morgan fingerprint density at radius 3 is 2.47 bits per heavy atom. The standard InChI is InChI=1S/C12H9BrNO2S/c13-11-8-4-5-9-12(11)14-17(15,16)10-6-2-1-3-7-10/h1-3,5-9,14H. The molecule has 1 N–H and O–H groups in total. The van der Waals surface area contributed by atoms with Gasteiger partial charge in [-0.1, -0.05) is 24.3 Å². The lowest BCUT2D eigenvalue weighted by atomic mass is 10.3. The number of nitrogens with one attached hydrogen (secondary N) is 1. The smallest absolute Gasteiger partial charge is 0.261 e. The normalized spacial score (nSPS) is 11.1. The van der Waals surface area contributed by atoms with E-state index in [1.807, 2.05) is 0 Å². The van der Waals surface area contributed by atoms with Crippen LogP contribution in [0.5, 0.6) is 0 Å². The molecule has 17 heavy (non-hydrogen) atoms. The highest BCUT2D eigenvalue weighted by molar-refractivity contribution is 9.10. The van der Waals surface area contributed by atoms with Crippen molar-refractivity contribution < 1.29 is 8.42 Å². The number of halogens is 1. The van der Waals surface area contributed by atoms with Crippen LogP contribution in [0.15, 0.2) is 57.9 Å². The molecular formula is C12H9BrNO2S. The largest absolute Gasteiger partial charge is 0.278 e. The van der Waals surface area contributed by atoms with Crippen molar-refractivity contribution >= 4 is 31.6 Å². The Balaban J connectivity index is 2.34. The van der Waals surface area contributed by atoms with Gasteiger partial charge in [-0.15, -0.1) is 0 Å². The fourth-order valence-corrected chi connectivity index (χ4v) is 2.89. The quantitative estimate of drug-likeness (QED) is 0.947. The number of sulfonamides is 1. The number of hydrogen-bond donors (Lipinski definition) is 1. The SMILES string of the molecule is O=S(=O)(Nc1cc[c]cc1Br)c1ccccc1. The van der Waals surface area contributed by atoms with Crippen molar-refractivity contribution in [3.05, 3.63) is 59.1 Å². The minimum atomic E-state index is -3.53.